The molecular formula is C21H21N3O5. The van der Waals surface area contributed by atoms with Crippen molar-refractivity contribution >= 4 is 23.4 Å². The quantitative estimate of drug-likeness (QED) is 0.765. The van der Waals surface area contributed by atoms with Crippen LogP contribution in [0, 0.1) is 12.8 Å². The van der Waals surface area contributed by atoms with E-state index in [0.29, 0.717) is 11.5 Å². The fourth-order valence-corrected chi connectivity index (χ4v) is 3.31. The highest BCUT2D eigenvalue weighted by Crippen LogP contribution is 2.31. The zero-order valence-corrected chi connectivity index (χ0v) is 15.9. The Bertz CT molecular complexity index is 944. The van der Waals surface area contributed by atoms with Crippen LogP contribution in [0.4, 0.5) is 5.69 Å². The van der Waals surface area contributed by atoms with E-state index in [1.165, 1.54) is 0 Å². The molecule has 1 fully saturated rings. The van der Waals surface area contributed by atoms with Crippen LogP contribution >= 0.6 is 0 Å². The Morgan fingerprint density at radius 2 is 1.69 bits per heavy atom. The number of amides is 3. The Labute approximate surface area is 167 Å². The summed E-state index contributed by atoms with van der Waals surface area (Å²) in [6.45, 7) is 2.27. The molecule has 150 valence electrons. The van der Waals surface area contributed by atoms with Crippen molar-refractivity contribution in [2.24, 2.45) is 5.92 Å². The zero-order valence-electron chi connectivity index (χ0n) is 15.9. The summed E-state index contributed by atoms with van der Waals surface area (Å²) in [4.78, 5) is 38.6. The number of nitrogens with zero attached hydrogens (tertiary/aromatic N) is 1. The van der Waals surface area contributed by atoms with Crippen molar-refractivity contribution in [3.05, 3.63) is 54.1 Å². The third kappa shape index (κ3) is 4.01. The number of anilines is 1. The van der Waals surface area contributed by atoms with Crippen LogP contribution in [0.2, 0.25) is 0 Å². The second-order valence-corrected chi connectivity index (χ2v) is 7.08. The number of hydrogen-bond acceptors (Lipinski definition) is 5. The first-order valence-electron chi connectivity index (χ1n) is 9.36. The first-order chi connectivity index (χ1) is 14.0. The van der Waals surface area contributed by atoms with E-state index in [9.17, 15) is 14.4 Å². The molecule has 1 saturated heterocycles. The number of fused-ring (bicyclic) bond motifs is 1. The van der Waals surface area contributed by atoms with E-state index < -0.39 is 23.8 Å². The number of rotatable bonds is 3. The van der Waals surface area contributed by atoms with E-state index in [1.54, 1.807) is 23.1 Å². The Hall–Kier alpha value is -3.55. The van der Waals surface area contributed by atoms with E-state index >= 15 is 0 Å². The molecule has 8 heteroatoms. The third-order valence-electron chi connectivity index (χ3n) is 4.95. The predicted octanol–water partition coefficient (Wildman–Crippen LogP) is 1.34. The summed E-state index contributed by atoms with van der Waals surface area (Å²) >= 11 is 0. The van der Waals surface area contributed by atoms with Crippen molar-refractivity contribution in [1.82, 2.24) is 10.9 Å². The molecule has 2 atom stereocenters. The molecule has 0 saturated carbocycles. The third-order valence-corrected chi connectivity index (χ3v) is 4.95. The van der Waals surface area contributed by atoms with E-state index in [-0.39, 0.29) is 25.5 Å². The molecule has 0 bridgehead atoms. The second-order valence-electron chi connectivity index (χ2n) is 7.08. The summed E-state index contributed by atoms with van der Waals surface area (Å²) in [6.07, 6.45) is -0.786. The maximum Gasteiger partial charge on any atom is 0.283 e. The zero-order chi connectivity index (χ0) is 20.4. The van der Waals surface area contributed by atoms with Gasteiger partial charge >= 0.3 is 0 Å². The number of hydrogen-bond donors (Lipinski definition) is 2. The van der Waals surface area contributed by atoms with Crippen LogP contribution in [0.25, 0.3) is 0 Å². The minimum atomic E-state index is -0.875. The van der Waals surface area contributed by atoms with Gasteiger partial charge < -0.3 is 14.4 Å². The summed E-state index contributed by atoms with van der Waals surface area (Å²) in [5, 5.41) is 0. The van der Waals surface area contributed by atoms with Gasteiger partial charge in [0, 0.05) is 18.7 Å². The normalized spacial score (nSPS) is 20.3. The smallest absolute Gasteiger partial charge is 0.283 e. The molecular weight excluding hydrogens is 374 g/mol. The number of aryl methyl sites for hydroxylation is 1. The molecule has 0 radical (unpaired) electrons. The van der Waals surface area contributed by atoms with Gasteiger partial charge in [0.15, 0.2) is 11.5 Å². The van der Waals surface area contributed by atoms with Gasteiger partial charge in [-0.2, -0.15) is 0 Å². The fourth-order valence-electron chi connectivity index (χ4n) is 3.31. The van der Waals surface area contributed by atoms with Crippen molar-refractivity contribution < 1.29 is 23.9 Å². The molecule has 2 aromatic carbocycles. The van der Waals surface area contributed by atoms with Gasteiger partial charge in [0.25, 0.3) is 5.91 Å². The van der Waals surface area contributed by atoms with Crippen molar-refractivity contribution in [3.63, 3.8) is 0 Å². The number of nitrogens with one attached hydrogen (secondary N) is 2. The molecule has 2 aliphatic rings. The lowest BCUT2D eigenvalue weighted by molar-refractivity contribution is -0.136. The van der Waals surface area contributed by atoms with Crippen LogP contribution in [0.15, 0.2) is 48.5 Å². The van der Waals surface area contributed by atoms with Crippen molar-refractivity contribution in [2.75, 3.05) is 18.1 Å². The minimum absolute atomic E-state index is 0.0435. The van der Waals surface area contributed by atoms with E-state index in [1.807, 2.05) is 37.3 Å². The van der Waals surface area contributed by atoms with E-state index in [2.05, 4.69) is 10.9 Å². The Kier molecular flexibility index (Phi) is 5.07. The summed E-state index contributed by atoms with van der Waals surface area (Å²) in [6, 6.07) is 14.6. The Balaban J connectivity index is 1.30. The van der Waals surface area contributed by atoms with Crippen LogP contribution in [0.5, 0.6) is 11.5 Å². The number of benzene rings is 2. The van der Waals surface area contributed by atoms with Crippen molar-refractivity contribution in [2.45, 2.75) is 19.4 Å². The van der Waals surface area contributed by atoms with E-state index in [4.69, 9.17) is 9.47 Å². The van der Waals surface area contributed by atoms with Crippen LogP contribution in [0.1, 0.15) is 12.0 Å². The lowest BCUT2D eigenvalue weighted by Gasteiger charge is -2.25. The molecule has 2 N–H and O–H groups in total. The van der Waals surface area contributed by atoms with Crippen LogP contribution in [-0.2, 0) is 14.4 Å². The average molecular weight is 395 g/mol. The van der Waals surface area contributed by atoms with Gasteiger partial charge in [-0.25, -0.2) is 0 Å². The number of hydrazine groups is 1. The highest BCUT2D eigenvalue weighted by molar-refractivity contribution is 6.00. The van der Waals surface area contributed by atoms with Crippen molar-refractivity contribution in [1.29, 1.82) is 0 Å². The molecule has 29 heavy (non-hydrogen) atoms. The van der Waals surface area contributed by atoms with Gasteiger partial charge in [-0.05, 0) is 31.2 Å². The Morgan fingerprint density at radius 3 is 2.45 bits per heavy atom. The van der Waals surface area contributed by atoms with Gasteiger partial charge in [-0.1, -0.05) is 29.8 Å². The molecule has 3 amide bonds. The highest BCUT2D eigenvalue weighted by Gasteiger charge is 2.36. The summed E-state index contributed by atoms with van der Waals surface area (Å²) < 4.78 is 11.1. The lowest BCUT2D eigenvalue weighted by atomic mass is 10.1. The van der Waals surface area contributed by atoms with Crippen molar-refractivity contribution in [3.8, 4) is 11.5 Å². The number of ether oxygens (including phenoxy) is 2. The monoisotopic (exact) mass is 395 g/mol. The fraction of sp³-hybridized carbons (Fsp3) is 0.286. The number of para-hydroxylation sites is 2. The van der Waals surface area contributed by atoms with Gasteiger partial charge in [0.05, 0.1) is 5.92 Å². The maximum absolute atomic E-state index is 12.4. The second kappa shape index (κ2) is 7.83. The standard InChI is InChI=1S/C21H21N3O5/c1-13-6-8-15(9-7-13)24-11-14(10-19(24)25)20(26)22-23-21(27)18-12-28-16-4-2-3-5-17(16)29-18/h2-9,14,18H,10-12H2,1H3,(H,22,26)(H,23,27)/t14-,18-/m1/s1. The van der Waals surface area contributed by atoms with Gasteiger partial charge in [-0.15, -0.1) is 0 Å². The van der Waals surface area contributed by atoms with Crippen LogP contribution in [0.3, 0.4) is 0 Å². The molecule has 8 nitrogen and oxygen atoms in total. The highest BCUT2D eigenvalue weighted by atomic mass is 16.6. The maximum atomic E-state index is 12.4. The van der Waals surface area contributed by atoms with Crippen LogP contribution in [-0.4, -0.2) is 37.0 Å². The first-order valence-corrected chi connectivity index (χ1v) is 9.36. The molecule has 2 aromatic rings. The predicted molar refractivity (Wildman–Crippen MR) is 104 cm³/mol. The van der Waals surface area contributed by atoms with E-state index in [0.717, 1.165) is 11.3 Å². The Morgan fingerprint density at radius 1 is 1.00 bits per heavy atom. The molecule has 0 aliphatic carbocycles. The summed E-state index contributed by atoms with van der Waals surface area (Å²) in [5.41, 5.74) is 6.61. The molecule has 2 heterocycles. The molecule has 0 spiro atoms. The molecule has 0 unspecified atom stereocenters. The summed E-state index contributed by atoms with van der Waals surface area (Å²) in [5.74, 6) is -0.568. The average Bonchev–Trinajstić information content (AvgIpc) is 3.13. The van der Waals surface area contributed by atoms with Gasteiger partial charge in [0.2, 0.25) is 17.9 Å². The molecule has 2 aliphatic heterocycles. The topological polar surface area (TPSA) is 97.0 Å². The largest absolute Gasteiger partial charge is 0.485 e. The number of carbonyl (C=O) groups excluding carboxylic acids is 3. The minimum Gasteiger partial charge on any atom is -0.485 e. The van der Waals surface area contributed by atoms with Gasteiger partial charge in [-0.3, -0.25) is 25.2 Å². The van der Waals surface area contributed by atoms with Gasteiger partial charge in [0.1, 0.15) is 6.61 Å². The number of carbonyl (C=O) groups is 3. The van der Waals surface area contributed by atoms with Crippen LogP contribution < -0.4 is 25.2 Å². The molecule has 4 rings (SSSR count). The lowest BCUT2D eigenvalue weighted by Crippen LogP contribution is -2.52. The summed E-state index contributed by atoms with van der Waals surface area (Å²) in [7, 11) is 0. The molecule has 0 aromatic heterocycles. The first kappa shape index (κ1) is 18.8. The SMILES string of the molecule is Cc1ccc(N2C[C@H](C(=O)NNC(=O)[C@H]3COc4ccccc4O3)CC2=O)cc1.